The van der Waals surface area contributed by atoms with Crippen molar-refractivity contribution in [3.63, 3.8) is 0 Å². The normalized spacial score (nSPS) is 19.4. The second-order valence-corrected chi connectivity index (χ2v) is 5.20. The van der Waals surface area contributed by atoms with Crippen LogP contribution >= 0.6 is 11.6 Å². The van der Waals surface area contributed by atoms with Gasteiger partial charge >= 0.3 is 6.03 Å². The quantitative estimate of drug-likeness (QED) is 0.891. The van der Waals surface area contributed by atoms with Gasteiger partial charge in [-0.2, -0.15) is 0 Å². The molecule has 19 heavy (non-hydrogen) atoms. The average molecular weight is 282 g/mol. The van der Waals surface area contributed by atoms with Crippen LogP contribution in [-0.4, -0.2) is 36.6 Å². The molecule has 1 aliphatic rings. The van der Waals surface area contributed by atoms with E-state index >= 15 is 0 Å². The summed E-state index contributed by atoms with van der Waals surface area (Å²) in [7, 11) is 0. The molecule has 5 heteroatoms. The molecule has 0 spiro atoms. The summed E-state index contributed by atoms with van der Waals surface area (Å²) < 4.78 is 0. The van der Waals surface area contributed by atoms with Crippen molar-refractivity contribution in [2.24, 2.45) is 0 Å². The zero-order chi connectivity index (χ0) is 13.7. The molecule has 1 aromatic carbocycles. The Balaban J connectivity index is 1.77. The second kappa shape index (κ2) is 6.78. The number of urea groups is 1. The first-order chi connectivity index (χ1) is 9.19. The van der Waals surface area contributed by atoms with Gasteiger partial charge in [0.25, 0.3) is 0 Å². The summed E-state index contributed by atoms with van der Waals surface area (Å²) in [5.41, 5.74) is 0.751. The summed E-state index contributed by atoms with van der Waals surface area (Å²) in [5.74, 6) is 0. The standard InChI is InChI=1S/C14H20ClN3O/c1-2-18-9-3-4-13(18)10-16-14(19)17-12-7-5-11(15)6-8-12/h5-8,13H,2-4,9-10H2,1H3,(H2,16,17,19)/t13-/m0/s1. The summed E-state index contributed by atoms with van der Waals surface area (Å²) in [6.45, 7) is 5.05. The molecular weight excluding hydrogens is 262 g/mol. The molecule has 1 atom stereocenters. The van der Waals surface area contributed by atoms with E-state index in [4.69, 9.17) is 11.6 Å². The monoisotopic (exact) mass is 281 g/mol. The summed E-state index contributed by atoms with van der Waals surface area (Å²) in [6.07, 6.45) is 2.38. The number of amides is 2. The van der Waals surface area contributed by atoms with Crippen molar-refractivity contribution in [3.8, 4) is 0 Å². The van der Waals surface area contributed by atoms with Crippen LogP contribution in [0.1, 0.15) is 19.8 Å². The fourth-order valence-electron chi connectivity index (χ4n) is 2.46. The predicted octanol–water partition coefficient (Wildman–Crippen LogP) is 2.95. The summed E-state index contributed by atoms with van der Waals surface area (Å²) in [4.78, 5) is 14.2. The third kappa shape index (κ3) is 4.11. The van der Waals surface area contributed by atoms with Gasteiger partial charge in [0.1, 0.15) is 0 Å². The Kier molecular flexibility index (Phi) is 5.05. The number of hydrogen-bond donors (Lipinski definition) is 2. The number of likely N-dealkylation sites (tertiary alicyclic amines) is 1. The van der Waals surface area contributed by atoms with Gasteiger partial charge in [0.15, 0.2) is 0 Å². The SMILES string of the molecule is CCN1CCC[C@H]1CNC(=O)Nc1ccc(Cl)cc1. The Morgan fingerprint density at radius 1 is 1.42 bits per heavy atom. The number of anilines is 1. The maximum absolute atomic E-state index is 11.8. The van der Waals surface area contributed by atoms with Crippen molar-refractivity contribution in [1.29, 1.82) is 0 Å². The van der Waals surface area contributed by atoms with Crippen molar-refractivity contribution in [3.05, 3.63) is 29.3 Å². The number of nitrogens with zero attached hydrogens (tertiary/aromatic N) is 1. The maximum atomic E-state index is 11.8. The largest absolute Gasteiger partial charge is 0.336 e. The second-order valence-electron chi connectivity index (χ2n) is 4.77. The van der Waals surface area contributed by atoms with Crippen LogP contribution in [0.2, 0.25) is 5.02 Å². The topological polar surface area (TPSA) is 44.4 Å². The first-order valence-corrected chi connectivity index (χ1v) is 7.11. The fourth-order valence-corrected chi connectivity index (χ4v) is 2.59. The minimum Gasteiger partial charge on any atom is -0.336 e. The molecule has 1 fully saturated rings. The lowest BCUT2D eigenvalue weighted by atomic mass is 10.2. The minimum absolute atomic E-state index is 0.162. The van der Waals surface area contributed by atoms with E-state index < -0.39 is 0 Å². The van der Waals surface area contributed by atoms with E-state index in [-0.39, 0.29) is 6.03 Å². The molecule has 0 aromatic heterocycles. The van der Waals surface area contributed by atoms with Gasteiger partial charge in [-0.15, -0.1) is 0 Å². The number of carbonyl (C=O) groups is 1. The Hall–Kier alpha value is -1.26. The first-order valence-electron chi connectivity index (χ1n) is 6.73. The molecule has 1 saturated heterocycles. The third-order valence-electron chi connectivity index (χ3n) is 3.51. The highest BCUT2D eigenvalue weighted by Gasteiger charge is 2.22. The Bertz CT molecular complexity index is 421. The van der Waals surface area contributed by atoms with Gasteiger partial charge in [0.2, 0.25) is 0 Å². The lowest BCUT2D eigenvalue weighted by molar-refractivity contribution is 0.238. The van der Waals surface area contributed by atoms with Crippen molar-refractivity contribution < 1.29 is 4.79 Å². The van der Waals surface area contributed by atoms with Gasteiger partial charge < -0.3 is 10.6 Å². The van der Waals surface area contributed by atoms with Crippen molar-refractivity contribution in [1.82, 2.24) is 10.2 Å². The predicted molar refractivity (Wildman–Crippen MR) is 78.7 cm³/mol. The van der Waals surface area contributed by atoms with E-state index in [0.29, 0.717) is 17.6 Å². The number of rotatable bonds is 4. The highest BCUT2D eigenvalue weighted by atomic mass is 35.5. The van der Waals surface area contributed by atoms with Gasteiger partial charge in [-0.25, -0.2) is 4.79 Å². The van der Waals surface area contributed by atoms with Crippen molar-refractivity contribution >= 4 is 23.3 Å². The summed E-state index contributed by atoms with van der Waals surface area (Å²) >= 11 is 5.79. The molecule has 0 unspecified atom stereocenters. The zero-order valence-corrected chi connectivity index (χ0v) is 11.9. The molecular formula is C14H20ClN3O. The molecule has 0 bridgehead atoms. The molecule has 0 aliphatic carbocycles. The van der Waals surface area contributed by atoms with Gasteiger partial charge in [-0.1, -0.05) is 18.5 Å². The molecule has 4 nitrogen and oxygen atoms in total. The van der Waals surface area contributed by atoms with Crippen LogP contribution in [0.15, 0.2) is 24.3 Å². The summed E-state index contributed by atoms with van der Waals surface area (Å²) in [6, 6.07) is 7.40. The van der Waals surface area contributed by atoms with Crippen LogP contribution in [0.4, 0.5) is 10.5 Å². The molecule has 0 saturated carbocycles. The highest BCUT2D eigenvalue weighted by Crippen LogP contribution is 2.16. The Labute approximate surface area is 119 Å². The van der Waals surface area contributed by atoms with E-state index in [0.717, 1.165) is 25.2 Å². The van der Waals surface area contributed by atoms with Crippen LogP contribution in [-0.2, 0) is 0 Å². The number of benzene rings is 1. The van der Waals surface area contributed by atoms with E-state index in [1.54, 1.807) is 24.3 Å². The average Bonchev–Trinajstić information content (AvgIpc) is 2.86. The molecule has 1 heterocycles. The number of nitrogens with one attached hydrogen (secondary N) is 2. The number of carbonyl (C=O) groups excluding carboxylic acids is 1. The molecule has 2 amide bonds. The van der Waals surface area contributed by atoms with Crippen LogP contribution in [0, 0.1) is 0 Å². The van der Waals surface area contributed by atoms with Crippen LogP contribution in [0.25, 0.3) is 0 Å². The van der Waals surface area contributed by atoms with Gasteiger partial charge in [-0.05, 0) is 50.2 Å². The minimum atomic E-state index is -0.162. The molecule has 1 aliphatic heterocycles. The highest BCUT2D eigenvalue weighted by molar-refractivity contribution is 6.30. The molecule has 1 aromatic rings. The van der Waals surface area contributed by atoms with Crippen LogP contribution < -0.4 is 10.6 Å². The van der Waals surface area contributed by atoms with E-state index in [1.807, 2.05) is 0 Å². The lowest BCUT2D eigenvalue weighted by Crippen LogP contribution is -2.41. The number of halogens is 1. The van der Waals surface area contributed by atoms with E-state index in [2.05, 4.69) is 22.5 Å². The lowest BCUT2D eigenvalue weighted by Gasteiger charge is -2.22. The zero-order valence-electron chi connectivity index (χ0n) is 11.2. The molecule has 0 radical (unpaired) electrons. The number of likely N-dealkylation sites (N-methyl/N-ethyl adjacent to an activating group) is 1. The van der Waals surface area contributed by atoms with Gasteiger partial charge in [0, 0.05) is 23.3 Å². The van der Waals surface area contributed by atoms with E-state index in [9.17, 15) is 4.79 Å². The molecule has 2 rings (SSSR count). The van der Waals surface area contributed by atoms with Gasteiger partial charge in [0.05, 0.1) is 0 Å². The molecule has 104 valence electrons. The first kappa shape index (κ1) is 14.2. The smallest absolute Gasteiger partial charge is 0.319 e. The Morgan fingerprint density at radius 2 is 2.16 bits per heavy atom. The molecule has 2 N–H and O–H groups in total. The fraction of sp³-hybridized carbons (Fsp3) is 0.500. The summed E-state index contributed by atoms with van der Waals surface area (Å²) in [5, 5.41) is 6.39. The van der Waals surface area contributed by atoms with Crippen molar-refractivity contribution in [2.45, 2.75) is 25.8 Å². The maximum Gasteiger partial charge on any atom is 0.319 e. The Morgan fingerprint density at radius 3 is 2.84 bits per heavy atom. The van der Waals surface area contributed by atoms with Crippen LogP contribution in [0.5, 0.6) is 0 Å². The number of hydrogen-bond acceptors (Lipinski definition) is 2. The van der Waals surface area contributed by atoms with E-state index in [1.165, 1.54) is 6.42 Å². The van der Waals surface area contributed by atoms with Gasteiger partial charge in [-0.3, -0.25) is 4.90 Å². The van der Waals surface area contributed by atoms with Crippen molar-refractivity contribution in [2.75, 3.05) is 25.0 Å². The van der Waals surface area contributed by atoms with Crippen LogP contribution in [0.3, 0.4) is 0 Å². The third-order valence-corrected chi connectivity index (χ3v) is 3.76.